The number of nitrogens with zero attached hydrogens (tertiary/aromatic N) is 3. The summed E-state index contributed by atoms with van der Waals surface area (Å²) < 4.78 is 12.2. The molecule has 2 aliphatic heterocycles. The summed E-state index contributed by atoms with van der Waals surface area (Å²) in [5.74, 6) is -0.499. The second kappa shape index (κ2) is 9.00. The molecule has 9 nitrogen and oxygen atoms in total. The van der Waals surface area contributed by atoms with E-state index in [2.05, 4.69) is 24.3 Å². The zero-order valence-corrected chi connectivity index (χ0v) is 19.3. The minimum absolute atomic E-state index is 0.0640. The summed E-state index contributed by atoms with van der Waals surface area (Å²) in [6.45, 7) is 5.56. The number of cyclic esters (lactones) is 1. The van der Waals surface area contributed by atoms with Crippen LogP contribution in [0.15, 0.2) is 40.3 Å². The molecule has 0 amide bonds. The van der Waals surface area contributed by atoms with Crippen LogP contribution in [0, 0.1) is 0 Å². The number of aromatic nitrogens is 2. The van der Waals surface area contributed by atoms with Gasteiger partial charge in [0.05, 0.1) is 35.2 Å². The minimum Gasteiger partial charge on any atom is -0.458 e. The summed E-state index contributed by atoms with van der Waals surface area (Å²) in [5, 5.41) is 8.40. The molecule has 0 aliphatic carbocycles. The van der Waals surface area contributed by atoms with Crippen molar-refractivity contribution in [3.8, 4) is 11.4 Å². The maximum atomic E-state index is 13.4. The van der Waals surface area contributed by atoms with E-state index in [0.29, 0.717) is 48.3 Å². The molecule has 1 atom stereocenters. The predicted octanol–water partition coefficient (Wildman–Crippen LogP) is 2.52. The lowest BCUT2D eigenvalue weighted by molar-refractivity contribution is -0.159. The standard InChI is InChI=1S/C25H26N4O5/c1-14(2)26-8-9-34-27-11-17-15-6-4-5-7-20(15)28-22-18(17)12-29-21(22)10-16-19(24(29)30)13-33-25(31)23(16)32-3/h4-7,10-11,14,23,26H,8-9,12-13H2,1-3H3/b27-11+. The third-order valence-corrected chi connectivity index (χ3v) is 6.12. The lowest BCUT2D eigenvalue weighted by Gasteiger charge is -2.24. The zero-order chi connectivity index (χ0) is 23.8. The molecule has 5 rings (SSSR count). The third-order valence-electron chi connectivity index (χ3n) is 6.12. The molecule has 4 heterocycles. The number of nitrogens with one attached hydrogen (secondary N) is 1. The van der Waals surface area contributed by atoms with Gasteiger partial charge in [0.25, 0.3) is 5.56 Å². The van der Waals surface area contributed by atoms with E-state index in [-0.39, 0.29) is 12.2 Å². The van der Waals surface area contributed by atoms with Crippen molar-refractivity contribution in [2.45, 2.75) is 39.1 Å². The van der Waals surface area contributed by atoms with Crippen LogP contribution in [0.3, 0.4) is 0 Å². The average molecular weight is 463 g/mol. The Hall–Kier alpha value is -3.56. The van der Waals surface area contributed by atoms with Crippen molar-refractivity contribution < 1.29 is 19.1 Å². The Morgan fingerprint density at radius 1 is 1.29 bits per heavy atom. The molecule has 1 aromatic carbocycles. The number of fused-ring (bicyclic) bond motifs is 5. The van der Waals surface area contributed by atoms with Crippen LogP contribution >= 0.6 is 0 Å². The molecule has 0 spiro atoms. The summed E-state index contributed by atoms with van der Waals surface area (Å²) in [5.41, 5.74) is 4.63. The Bertz CT molecular complexity index is 1360. The fraction of sp³-hybridized carbons (Fsp3) is 0.360. The van der Waals surface area contributed by atoms with Gasteiger partial charge in [0.1, 0.15) is 13.2 Å². The highest BCUT2D eigenvalue weighted by molar-refractivity contribution is 6.02. The first-order valence-corrected chi connectivity index (χ1v) is 11.3. The van der Waals surface area contributed by atoms with E-state index < -0.39 is 12.1 Å². The van der Waals surface area contributed by atoms with Gasteiger partial charge in [-0.05, 0) is 12.1 Å². The molecule has 0 radical (unpaired) electrons. The number of pyridine rings is 2. The minimum atomic E-state index is -0.930. The SMILES string of the molecule is COC1C(=O)OCc2c1cc1n(c2=O)Cc2c-1nc1ccccc1c2/C=N/OCCNC(C)C. The lowest BCUT2D eigenvalue weighted by Crippen LogP contribution is -2.33. The molecule has 1 unspecified atom stereocenters. The number of esters is 1. The van der Waals surface area contributed by atoms with E-state index >= 15 is 0 Å². The molecule has 9 heteroatoms. The highest BCUT2D eigenvalue weighted by Gasteiger charge is 2.35. The molecule has 176 valence electrons. The number of benzene rings is 1. The van der Waals surface area contributed by atoms with Crippen LogP contribution < -0.4 is 10.9 Å². The van der Waals surface area contributed by atoms with Gasteiger partial charge in [-0.15, -0.1) is 0 Å². The molecule has 2 aromatic heterocycles. The van der Waals surface area contributed by atoms with Gasteiger partial charge in [-0.3, -0.25) is 4.79 Å². The van der Waals surface area contributed by atoms with Crippen LogP contribution in [0.4, 0.5) is 0 Å². The number of carbonyl (C=O) groups excluding carboxylic acids is 1. The van der Waals surface area contributed by atoms with Gasteiger partial charge < -0.3 is 24.2 Å². The van der Waals surface area contributed by atoms with Gasteiger partial charge in [-0.2, -0.15) is 0 Å². The summed E-state index contributed by atoms with van der Waals surface area (Å²) in [6.07, 6.45) is 0.764. The number of rotatable bonds is 7. The van der Waals surface area contributed by atoms with Gasteiger partial charge in [0, 0.05) is 41.8 Å². The van der Waals surface area contributed by atoms with Gasteiger partial charge in [0.2, 0.25) is 0 Å². The fourth-order valence-corrected chi connectivity index (χ4v) is 4.50. The van der Waals surface area contributed by atoms with E-state index in [1.54, 1.807) is 10.8 Å². The smallest absolute Gasteiger partial charge is 0.340 e. The molecular weight excluding hydrogens is 436 g/mol. The number of methoxy groups -OCH3 is 1. The van der Waals surface area contributed by atoms with Crippen molar-refractivity contribution in [2.24, 2.45) is 5.16 Å². The first-order chi connectivity index (χ1) is 16.5. The molecule has 0 bridgehead atoms. The monoisotopic (exact) mass is 462 g/mol. The van der Waals surface area contributed by atoms with Gasteiger partial charge >= 0.3 is 5.97 Å². The van der Waals surface area contributed by atoms with E-state index in [0.717, 1.165) is 22.0 Å². The predicted molar refractivity (Wildman–Crippen MR) is 127 cm³/mol. The number of hydrogen-bond donors (Lipinski definition) is 1. The Kier molecular flexibility index (Phi) is 5.89. The first-order valence-electron chi connectivity index (χ1n) is 11.3. The van der Waals surface area contributed by atoms with E-state index in [9.17, 15) is 9.59 Å². The largest absolute Gasteiger partial charge is 0.458 e. The Balaban J connectivity index is 1.59. The number of para-hydroxylation sites is 1. The summed E-state index contributed by atoms with van der Waals surface area (Å²) >= 11 is 0. The fourth-order valence-electron chi connectivity index (χ4n) is 4.50. The molecule has 0 saturated carbocycles. The summed E-state index contributed by atoms with van der Waals surface area (Å²) in [4.78, 5) is 35.9. The number of ether oxygens (including phenoxy) is 2. The topological polar surface area (TPSA) is 104 Å². The molecule has 34 heavy (non-hydrogen) atoms. The summed E-state index contributed by atoms with van der Waals surface area (Å²) in [6, 6.07) is 9.97. The molecular formula is C25H26N4O5. The number of hydrogen-bond acceptors (Lipinski definition) is 8. The van der Waals surface area contributed by atoms with Crippen LogP contribution in [0.2, 0.25) is 0 Å². The summed E-state index contributed by atoms with van der Waals surface area (Å²) in [7, 11) is 1.43. The van der Waals surface area contributed by atoms with Crippen molar-refractivity contribution in [1.82, 2.24) is 14.9 Å². The number of oxime groups is 1. The van der Waals surface area contributed by atoms with Crippen molar-refractivity contribution in [3.05, 3.63) is 62.9 Å². The molecule has 1 N–H and O–H groups in total. The highest BCUT2D eigenvalue weighted by atomic mass is 16.6. The Morgan fingerprint density at radius 3 is 2.91 bits per heavy atom. The lowest BCUT2D eigenvalue weighted by atomic mass is 9.99. The second-order valence-corrected chi connectivity index (χ2v) is 8.62. The Morgan fingerprint density at radius 2 is 2.12 bits per heavy atom. The molecule has 0 fully saturated rings. The quantitative estimate of drug-likeness (QED) is 0.195. The molecule has 0 saturated heterocycles. The maximum Gasteiger partial charge on any atom is 0.340 e. The first kappa shape index (κ1) is 22.2. The van der Waals surface area contributed by atoms with Crippen LogP contribution in [0.25, 0.3) is 22.3 Å². The van der Waals surface area contributed by atoms with E-state index in [1.165, 1.54) is 7.11 Å². The average Bonchev–Trinajstić information content (AvgIpc) is 3.19. The number of carbonyl (C=O) groups is 1. The Labute approximate surface area is 196 Å². The van der Waals surface area contributed by atoms with Gasteiger partial charge in [-0.25, -0.2) is 9.78 Å². The highest BCUT2D eigenvalue weighted by Crippen LogP contribution is 2.37. The van der Waals surface area contributed by atoms with Crippen LogP contribution in [-0.4, -0.2) is 48.0 Å². The second-order valence-electron chi connectivity index (χ2n) is 8.62. The van der Waals surface area contributed by atoms with E-state index in [1.807, 2.05) is 30.3 Å². The van der Waals surface area contributed by atoms with Crippen LogP contribution in [0.1, 0.15) is 42.2 Å². The zero-order valence-electron chi connectivity index (χ0n) is 19.3. The van der Waals surface area contributed by atoms with Crippen LogP contribution in [0.5, 0.6) is 0 Å². The normalized spacial score (nSPS) is 16.6. The third kappa shape index (κ3) is 3.76. The van der Waals surface area contributed by atoms with Crippen molar-refractivity contribution in [1.29, 1.82) is 0 Å². The maximum absolute atomic E-state index is 13.4. The van der Waals surface area contributed by atoms with Crippen LogP contribution in [-0.2, 0) is 32.3 Å². The van der Waals surface area contributed by atoms with Crippen molar-refractivity contribution in [3.63, 3.8) is 0 Å². The molecule has 3 aromatic rings. The van der Waals surface area contributed by atoms with Crippen molar-refractivity contribution >= 4 is 23.1 Å². The van der Waals surface area contributed by atoms with Gasteiger partial charge in [0.15, 0.2) is 6.10 Å². The van der Waals surface area contributed by atoms with Gasteiger partial charge in [-0.1, -0.05) is 37.2 Å². The van der Waals surface area contributed by atoms with Crippen molar-refractivity contribution in [2.75, 3.05) is 20.3 Å². The molecule has 2 aliphatic rings. The van der Waals surface area contributed by atoms with E-state index in [4.69, 9.17) is 19.3 Å².